The van der Waals surface area contributed by atoms with Crippen LogP contribution >= 0.6 is 11.6 Å². The van der Waals surface area contributed by atoms with E-state index in [4.69, 9.17) is 11.6 Å². The van der Waals surface area contributed by atoms with E-state index in [2.05, 4.69) is 4.72 Å². The van der Waals surface area contributed by atoms with E-state index in [1.807, 2.05) is 0 Å². The maximum absolute atomic E-state index is 12.5. The lowest BCUT2D eigenvalue weighted by molar-refractivity contribution is -0.167. The van der Waals surface area contributed by atoms with Crippen LogP contribution in [0.1, 0.15) is 19.4 Å². The summed E-state index contributed by atoms with van der Waals surface area (Å²) in [5.41, 5.74) is 1.02. The van der Waals surface area contributed by atoms with Gasteiger partial charge < -0.3 is 0 Å². The molecule has 8 heteroatoms. The summed E-state index contributed by atoms with van der Waals surface area (Å²) >= 11 is 5.80. The Balaban J connectivity index is 2.19. The second-order valence-corrected chi connectivity index (χ2v) is 7.77. The number of amides is 1. The Bertz CT molecular complexity index is 911. The van der Waals surface area contributed by atoms with Crippen molar-refractivity contribution in [2.24, 2.45) is 0 Å². The summed E-state index contributed by atoms with van der Waals surface area (Å²) in [6, 6.07) is 12.1. The van der Waals surface area contributed by atoms with E-state index < -0.39 is 22.0 Å². The highest BCUT2D eigenvalue weighted by Crippen LogP contribution is 2.19. The summed E-state index contributed by atoms with van der Waals surface area (Å²) in [6.07, 6.45) is 3.23. The Labute approximate surface area is 157 Å². The zero-order chi connectivity index (χ0) is 19.3. The number of halogens is 1. The first-order valence-electron chi connectivity index (χ1n) is 7.74. The van der Waals surface area contributed by atoms with Crippen LogP contribution in [0.25, 0.3) is 6.08 Å². The minimum atomic E-state index is -3.76. The lowest BCUT2D eigenvalue weighted by Crippen LogP contribution is -2.32. The van der Waals surface area contributed by atoms with Crippen molar-refractivity contribution in [1.82, 2.24) is 5.06 Å². The third-order valence-corrected chi connectivity index (χ3v) is 5.17. The third kappa shape index (κ3) is 5.32. The lowest BCUT2D eigenvalue weighted by atomic mass is 10.2. The number of anilines is 1. The smallest absolute Gasteiger partial charge is 0.261 e. The molecule has 0 aliphatic heterocycles. The molecule has 1 unspecified atom stereocenters. The molecule has 2 aromatic rings. The van der Waals surface area contributed by atoms with Crippen molar-refractivity contribution in [2.75, 3.05) is 4.72 Å². The molecule has 1 amide bonds. The summed E-state index contributed by atoms with van der Waals surface area (Å²) in [5, 5.41) is 10.7. The van der Waals surface area contributed by atoms with E-state index >= 15 is 0 Å². The van der Waals surface area contributed by atoms with Crippen molar-refractivity contribution < 1.29 is 18.4 Å². The SMILES string of the molecule is CC(=O)N(O)C(C)C=Cc1cccc(S(=O)(=O)Nc2ccc(Cl)cc2)c1. The van der Waals surface area contributed by atoms with Crippen LogP contribution < -0.4 is 4.72 Å². The van der Waals surface area contributed by atoms with Crippen molar-refractivity contribution in [1.29, 1.82) is 0 Å². The highest BCUT2D eigenvalue weighted by molar-refractivity contribution is 7.92. The molecule has 0 saturated heterocycles. The Morgan fingerprint density at radius 3 is 2.50 bits per heavy atom. The van der Waals surface area contributed by atoms with Crippen LogP contribution in [0, 0.1) is 0 Å². The number of nitrogens with zero attached hydrogens (tertiary/aromatic N) is 1. The maximum atomic E-state index is 12.5. The van der Waals surface area contributed by atoms with E-state index in [9.17, 15) is 18.4 Å². The summed E-state index contributed by atoms with van der Waals surface area (Å²) in [7, 11) is -3.76. The highest BCUT2D eigenvalue weighted by atomic mass is 35.5. The number of sulfonamides is 1. The molecule has 0 saturated carbocycles. The van der Waals surface area contributed by atoms with Gasteiger partial charge in [0, 0.05) is 17.6 Å². The molecule has 2 rings (SSSR count). The zero-order valence-electron chi connectivity index (χ0n) is 14.3. The molecule has 1 atom stereocenters. The first-order valence-corrected chi connectivity index (χ1v) is 9.60. The van der Waals surface area contributed by atoms with Gasteiger partial charge in [-0.2, -0.15) is 0 Å². The number of carbonyl (C=O) groups is 1. The van der Waals surface area contributed by atoms with Crippen LogP contribution in [-0.4, -0.2) is 30.6 Å². The van der Waals surface area contributed by atoms with Gasteiger partial charge in [0.2, 0.25) is 5.91 Å². The standard InChI is InChI=1S/C18H19ClN2O4S/c1-13(21(23)14(2)22)6-7-15-4-3-5-18(12-15)26(24,25)20-17-10-8-16(19)9-11-17/h3-13,20,23H,1-2H3. The molecule has 0 fully saturated rings. The minimum absolute atomic E-state index is 0.0923. The van der Waals surface area contributed by atoms with Crippen molar-refractivity contribution in [3.05, 3.63) is 65.2 Å². The molecule has 0 radical (unpaired) electrons. The fourth-order valence-corrected chi connectivity index (χ4v) is 3.38. The fourth-order valence-electron chi connectivity index (χ4n) is 2.14. The van der Waals surface area contributed by atoms with Crippen molar-refractivity contribution in [3.63, 3.8) is 0 Å². The molecule has 0 aliphatic carbocycles. The maximum Gasteiger partial charge on any atom is 0.261 e. The third-order valence-electron chi connectivity index (χ3n) is 3.54. The predicted octanol–water partition coefficient (Wildman–Crippen LogP) is 3.78. The fraction of sp³-hybridized carbons (Fsp3) is 0.167. The molecule has 0 aliphatic rings. The molecule has 6 nitrogen and oxygen atoms in total. The molecule has 26 heavy (non-hydrogen) atoms. The number of rotatable bonds is 6. The first kappa shape index (κ1) is 20.0. The van der Waals surface area contributed by atoms with Gasteiger partial charge in [-0.05, 0) is 48.9 Å². The Kier molecular flexibility index (Phi) is 6.42. The number of hydrogen-bond acceptors (Lipinski definition) is 4. The minimum Gasteiger partial charge on any atom is -0.285 e. The monoisotopic (exact) mass is 394 g/mol. The molecule has 0 bridgehead atoms. The molecular weight excluding hydrogens is 376 g/mol. The molecular formula is C18H19ClN2O4S. The Morgan fingerprint density at radius 1 is 1.23 bits per heavy atom. The molecule has 138 valence electrons. The van der Waals surface area contributed by atoms with Gasteiger partial charge in [-0.15, -0.1) is 0 Å². The van der Waals surface area contributed by atoms with E-state index in [0.717, 1.165) is 0 Å². The average Bonchev–Trinajstić information content (AvgIpc) is 2.61. The molecule has 0 heterocycles. The second-order valence-electron chi connectivity index (χ2n) is 5.65. The van der Waals surface area contributed by atoms with E-state index in [0.29, 0.717) is 21.3 Å². The Morgan fingerprint density at radius 2 is 1.88 bits per heavy atom. The van der Waals surface area contributed by atoms with Crippen LogP contribution in [0.5, 0.6) is 0 Å². The lowest BCUT2D eigenvalue weighted by Gasteiger charge is -2.17. The first-order chi connectivity index (χ1) is 12.2. The van der Waals surface area contributed by atoms with Gasteiger partial charge in [0.15, 0.2) is 0 Å². The van der Waals surface area contributed by atoms with Gasteiger partial charge in [-0.25, -0.2) is 13.5 Å². The summed E-state index contributed by atoms with van der Waals surface area (Å²) in [4.78, 5) is 11.2. The van der Waals surface area contributed by atoms with Gasteiger partial charge in [0.25, 0.3) is 10.0 Å². The number of hydrogen-bond donors (Lipinski definition) is 2. The number of carbonyl (C=O) groups excluding carboxylic acids is 1. The number of hydroxylamine groups is 2. The van der Waals surface area contributed by atoms with E-state index in [1.165, 1.54) is 19.1 Å². The van der Waals surface area contributed by atoms with Crippen LogP contribution in [0.15, 0.2) is 59.5 Å². The summed E-state index contributed by atoms with van der Waals surface area (Å²) in [5.74, 6) is -0.481. The van der Waals surface area contributed by atoms with Gasteiger partial charge in [-0.3, -0.25) is 14.7 Å². The number of benzene rings is 2. The van der Waals surface area contributed by atoms with Crippen molar-refractivity contribution >= 4 is 39.3 Å². The normalized spacial score (nSPS) is 12.8. The van der Waals surface area contributed by atoms with Crippen LogP contribution in [0.3, 0.4) is 0 Å². The second kappa shape index (κ2) is 8.35. The number of nitrogens with one attached hydrogen (secondary N) is 1. The predicted molar refractivity (Wildman–Crippen MR) is 102 cm³/mol. The van der Waals surface area contributed by atoms with E-state index in [-0.39, 0.29) is 4.90 Å². The average molecular weight is 395 g/mol. The van der Waals surface area contributed by atoms with Crippen LogP contribution in [0.4, 0.5) is 5.69 Å². The topological polar surface area (TPSA) is 86.7 Å². The molecule has 2 aromatic carbocycles. The zero-order valence-corrected chi connectivity index (χ0v) is 15.8. The van der Waals surface area contributed by atoms with Gasteiger partial charge >= 0.3 is 0 Å². The summed E-state index contributed by atoms with van der Waals surface area (Å²) < 4.78 is 27.5. The highest BCUT2D eigenvalue weighted by Gasteiger charge is 2.15. The molecule has 0 spiro atoms. The van der Waals surface area contributed by atoms with Crippen LogP contribution in [-0.2, 0) is 14.8 Å². The van der Waals surface area contributed by atoms with Gasteiger partial charge in [0.1, 0.15) is 0 Å². The summed E-state index contributed by atoms with van der Waals surface area (Å²) in [6.45, 7) is 2.89. The van der Waals surface area contributed by atoms with Gasteiger partial charge in [0.05, 0.1) is 10.9 Å². The molecule has 0 aromatic heterocycles. The van der Waals surface area contributed by atoms with Crippen molar-refractivity contribution in [3.8, 4) is 0 Å². The van der Waals surface area contributed by atoms with Gasteiger partial charge in [-0.1, -0.05) is 35.9 Å². The quantitative estimate of drug-likeness (QED) is 0.576. The largest absolute Gasteiger partial charge is 0.285 e. The van der Waals surface area contributed by atoms with E-state index in [1.54, 1.807) is 55.5 Å². The molecule has 2 N–H and O–H groups in total. The Hall–Kier alpha value is -2.35. The van der Waals surface area contributed by atoms with Crippen molar-refractivity contribution in [2.45, 2.75) is 24.8 Å². The van der Waals surface area contributed by atoms with Crippen LogP contribution in [0.2, 0.25) is 5.02 Å².